The van der Waals surface area contributed by atoms with Crippen LogP contribution in [0.25, 0.3) is 10.9 Å². The quantitative estimate of drug-likeness (QED) is 0.783. The van der Waals surface area contributed by atoms with Gasteiger partial charge < -0.3 is 10.6 Å². The molecule has 0 radical (unpaired) electrons. The Labute approximate surface area is 150 Å². The molecule has 1 amide bonds. The molecule has 26 heavy (non-hydrogen) atoms. The maximum atomic E-state index is 12.9. The molecular weight excluding hydrogens is 328 g/mol. The van der Waals surface area contributed by atoms with Crippen molar-refractivity contribution >= 4 is 22.5 Å². The molecule has 1 aliphatic heterocycles. The Balaban J connectivity index is 1.64. The molecule has 6 nitrogen and oxygen atoms in total. The lowest BCUT2D eigenvalue weighted by molar-refractivity contribution is -0.119. The minimum atomic E-state index is -0.195. The molecule has 0 unspecified atom stereocenters. The van der Waals surface area contributed by atoms with Crippen LogP contribution in [-0.4, -0.2) is 22.0 Å². The van der Waals surface area contributed by atoms with Crippen molar-refractivity contribution in [3.05, 3.63) is 70.3 Å². The molecule has 0 fully saturated rings. The predicted molar refractivity (Wildman–Crippen MR) is 101 cm³/mol. The average Bonchev–Trinajstić information content (AvgIpc) is 2.69. The van der Waals surface area contributed by atoms with Gasteiger partial charge in [-0.2, -0.15) is 0 Å². The fourth-order valence-corrected chi connectivity index (χ4v) is 3.49. The minimum Gasteiger partial charge on any atom is -0.326 e. The Morgan fingerprint density at radius 1 is 1.19 bits per heavy atom. The van der Waals surface area contributed by atoms with Crippen molar-refractivity contribution in [2.45, 2.75) is 25.9 Å². The van der Waals surface area contributed by atoms with E-state index in [1.807, 2.05) is 18.2 Å². The highest BCUT2D eigenvalue weighted by Gasteiger charge is 2.23. The number of benzene rings is 2. The van der Waals surface area contributed by atoms with Crippen LogP contribution in [0.2, 0.25) is 0 Å². The van der Waals surface area contributed by atoms with Crippen LogP contribution < -0.4 is 16.2 Å². The van der Waals surface area contributed by atoms with Crippen LogP contribution in [0.4, 0.5) is 5.69 Å². The second kappa shape index (κ2) is 6.72. The summed E-state index contributed by atoms with van der Waals surface area (Å²) in [6.45, 7) is 1.12. The highest BCUT2D eigenvalue weighted by molar-refractivity contribution is 5.94. The molecule has 3 aromatic rings. The molecule has 1 aliphatic rings. The van der Waals surface area contributed by atoms with Gasteiger partial charge in [-0.05, 0) is 42.2 Å². The van der Waals surface area contributed by atoms with Crippen molar-refractivity contribution in [3.8, 4) is 0 Å². The first-order chi connectivity index (χ1) is 12.7. The van der Waals surface area contributed by atoms with E-state index in [1.165, 1.54) is 10.9 Å². The molecule has 2 aromatic carbocycles. The van der Waals surface area contributed by atoms with Crippen LogP contribution in [0.15, 0.2) is 53.6 Å². The molecule has 132 valence electrons. The van der Waals surface area contributed by atoms with E-state index in [1.54, 1.807) is 23.1 Å². The van der Waals surface area contributed by atoms with Crippen LogP contribution in [0, 0.1) is 0 Å². The molecule has 0 aliphatic carbocycles. The number of hydrogen-bond donors (Lipinski definition) is 1. The zero-order chi connectivity index (χ0) is 18.1. The number of carbonyl (C=O) groups is 1. The lowest BCUT2D eigenvalue weighted by Crippen LogP contribution is -2.39. The minimum absolute atomic E-state index is 0.0191. The lowest BCUT2D eigenvalue weighted by Gasteiger charge is -2.30. The van der Waals surface area contributed by atoms with Crippen LogP contribution >= 0.6 is 0 Å². The van der Waals surface area contributed by atoms with Gasteiger partial charge in [0.1, 0.15) is 6.54 Å². The maximum absolute atomic E-state index is 12.9. The second-order valence-corrected chi connectivity index (χ2v) is 6.51. The van der Waals surface area contributed by atoms with Gasteiger partial charge >= 0.3 is 0 Å². The van der Waals surface area contributed by atoms with Gasteiger partial charge in [-0.15, -0.1) is 0 Å². The highest BCUT2D eigenvalue weighted by atomic mass is 16.2. The van der Waals surface area contributed by atoms with Gasteiger partial charge in [-0.1, -0.05) is 24.3 Å². The van der Waals surface area contributed by atoms with Gasteiger partial charge in [0.15, 0.2) is 0 Å². The molecule has 6 heteroatoms. The Bertz CT molecular complexity index is 1040. The molecule has 0 bridgehead atoms. The normalized spacial score (nSPS) is 13.7. The van der Waals surface area contributed by atoms with Crippen molar-refractivity contribution < 1.29 is 4.79 Å². The van der Waals surface area contributed by atoms with Crippen molar-refractivity contribution in [1.82, 2.24) is 9.55 Å². The lowest BCUT2D eigenvalue weighted by atomic mass is 9.99. The van der Waals surface area contributed by atoms with E-state index in [-0.39, 0.29) is 18.0 Å². The summed E-state index contributed by atoms with van der Waals surface area (Å²) in [6, 6.07) is 13.1. The van der Waals surface area contributed by atoms with E-state index in [2.05, 4.69) is 11.1 Å². The number of rotatable bonds is 3. The number of carbonyl (C=O) groups excluding carboxylic acids is 1. The fraction of sp³-hybridized carbons (Fsp3) is 0.250. The van der Waals surface area contributed by atoms with Crippen LogP contribution in [0.5, 0.6) is 0 Å². The van der Waals surface area contributed by atoms with E-state index in [0.29, 0.717) is 24.0 Å². The van der Waals surface area contributed by atoms with Crippen molar-refractivity contribution in [1.29, 1.82) is 0 Å². The summed E-state index contributed by atoms with van der Waals surface area (Å²) >= 11 is 0. The number of fused-ring (bicyclic) bond motifs is 2. The zero-order valence-electron chi connectivity index (χ0n) is 14.4. The Morgan fingerprint density at radius 2 is 2.04 bits per heavy atom. The molecule has 0 saturated heterocycles. The van der Waals surface area contributed by atoms with E-state index < -0.39 is 0 Å². The maximum Gasteiger partial charge on any atom is 0.261 e. The van der Waals surface area contributed by atoms with Crippen LogP contribution in [0.1, 0.15) is 17.5 Å². The van der Waals surface area contributed by atoms with E-state index in [4.69, 9.17) is 5.73 Å². The molecular formula is C20H20N4O2. The number of aryl methyl sites for hydroxylation is 1. The second-order valence-electron chi connectivity index (χ2n) is 6.51. The standard InChI is InChI=1S/C20H20N4O2/c21-11-14-7-8-18-15(10-14)4-3-9-24(18)19(25)12-23-13-22-17-6-2-1-5-16(17)20(23)26/h1-2,5-8,10,13H,3-4,9,11-12,21H2. The largest absolute Gasteiger partial charge is 0.326 e. The first-order valence-corrected chi connectivity index (χ1v) is 8.74. The molecule has 1 aromatic heterocycles. The SMILES string of the molecule is NCc1ccc2c(c1)CCCN2C(=O)Cn1cnc2ccccc2c1=O. The third-order valence-corrected chi connectivity index (χ3v) is 4.84. The number of hydrogen-bond acceptors (Lipinski definition) is 4. The number of nitrogens with two attached hydrogens (primary N) is 1. The Hall–Kier alpha value is -2.99. The van der Waals surface area contributed by atoms with Crippen LogP contribution in [0.3, 0.4) is 0 Å². The zero-order valence-corrected chi connectivity index (χ0v) is 14.4. The molecule has 2 heterocycles. The topological polar surface area (TPSA) is 81.2 Å². The first kappa shape index (κ1) is 16.5. The Morgan fingerprint density at radius 3 is 2.88 bits per heavy atom. The van der Waals surface area contributed by atoms with Crippen molar-refractivity contribution in [2.24, 2.45) is 5.73 Å². The van der Waals surface area contributed by atoms with E-state index in [9.17, 15) is 9.59 Å². The molecule has 0 saturated carbocycles. The monoisotopic (exact) mass is 348 g/mol. The summed E-state index contributed by atoms with van der Waals surface area (Å²) in [7, 11) is 0. The van der Waals surface area contributed by atoms with Crippen molar-refractivity contribution in [3.63, 3.8) is 0 Å². The first-order valence-electron chi connectivity index (χ1n) is 8.74. The third kappa shape index (κ3) is 2.88. The summed E-state index contributed by atoms with van der Waals surface area (Å²) in [5.74, 6) is -0.106. The summed E-state index contributed by atoms with van der Waals surface area (Å²) in [5, 5.41) is 0.523. The van der Waals surface area contributed by atoms with Gasteiger partial charge in [-0.25, -0.2) is 4.98 Å². The van der Waals surface area contributed by atoms with Gasteiger partial charge in [-0.3, -0.25) is 14.2 Å². The molecule has 0 atom stereocenters. The number of nitrogens with zero attached hydrogens (tertiary/aromatic N) is 3. The fourth-order valence-electron chi connectivity index (χ4n) is 3.49. The number of para-hydroxylation sites is 1. The molecule has 0 spiro atoms. The smallest absolute Gasteiger partial charge is 0.261 e. The van der Waals surface area contributed by atoms with Crippen LogP contribution in [-0.2, 0) is 24.3 Å². The van der Waals surface area contributed by atoms with E-state index in [0.717, 1.165) is 29.7 Å². The van der Waals surface area contributed by atoms with Gasteiger partial charge in [0.25, 0.3) is 5.56 Å². The third-order valence-electron chi connectivity index (χ3n) is 4.84. The molecule has 4 rings (SSSR count). The van der Waals surface area contributed by atoms with Crippen molar-refractivity contribution in [2.75, 3.05) is 11.4 Å². The number of amides is 1. The highest BCUT2D eigenvalue weighted by Crippen LogP contribution is 2.28. The van der Waals surface area contributed by atoms with Gasteiger partial charge in [0, 0.05) is 18.8 Å². The summed E-state index contributed by atoms with van der Waals surface area (Å²) < 4.78 is 1.38. The number of aromatic nitrogens is 2. The number of anilines is 1. The summed E-state index contributed by atoms with van der Waals surface area (Å²) in [6.07, 6.45) is 3.28. The average molecular weight is 348 g/mol. The summed E-state index contributed by atoms with van der Waals surface area (Å²) in [5.41, 5.74) is 9.27. The Kier molecular flexibility index (Phi) is 4.26. The molecule has 2 N–H and O–H groups in total. The van der Waals surface area contributed by atoms with E-state index >= 15 is 0 Å². The summed E-state index contributed by atoms with van der Waals surface area (Å²) in [4.78, 5) is 31.6. The van der Waals surface area contributed by atoms with Gasteiger partial charge in [0.2, 0.25) is 5.91 Å². The predicted octanol–water partition coefficient (Wildman–Crippen LogP) is 1.83. The van der Waals surface area contributed by atoms with Gasteiger partial charge in [0.05, 0.1) is 17.2 Å².